The first-order chi connectivity index (χ1) is 9.95. The highest BCUT2D eigenvalue weighted by Gasteiger charge is 2.09. The zero-order valence-electron chi connectivity index (χ0n) is 11.1. The molecule has 2 rings (SSSR count). The van der Waals surface area contributed by atoms with Crippen LogP contribution >= 0.6 is 15.9 Å². The molecule has 0 aliphatic heterocycles. The van der Waals surface area contributed by atoms with Gasteiger partial charge in [0.05, 0.1) is 5.69 Å². The average molecular weight is 356 g/mol. The van der Waals surface area contributed by atoms with Gasteiger partial charge in [-0.3, -0.25) is 4.79 Å². The number of aryl methyl sites for hydroxylation is 1. The molecule has 6 heteroatoms. The van der Waals surface area contributed by atoms with E-state index in [-0.39, 0.29) is 12.3 Å². The Bertz CT molecular complexity index is 677. The van der Waals surface area contributed by atoms with E-state index in [9.17, 15) is 13.6 Å². The summed E-state index contributed by atoms with van der Waals surface area (Å²) in [5, 5.41) is 2.32. The van der Waals surface area contributed by atoms with Gasteiger partial charge in [0, 0.05) is 10.5 Å². The molecule has 0 aromatic heterocycles. The van der Waals surface area contributed by atoms with E-state index < -0.39 is 17.5 Å². The molecule has 2 aromatic rings. The first-order valence-corrected chi connectivity index (χ1v) is 6.89. The van der Waals surface area contributed by atoms with Crippen LogP contribution in [0.25, 0.3) is 0 Å². The van der Waals surface area contributed by atoms with Crippen LogP contribution in [0.4, 0.5) is 14.5 Å². The average Bonchev–Trinajstić information content (AvgIpc) is 2.41. The predicted octanol–water partition coefficient (Wildman–Crippen LogP) is 4.05. The Morgan fingerprint density at radius 2 is 2.00 bits per heavy atom. The Morgan fingerprint density at radius 3 is 2.67 bits per heavy atom. The second-order valence-electron chi connectivity index (χ2n) is 4.37. The van der Waals surface area contributed by atoms with Gasteiger partial charge >= 0.3 is 0 Å². The maximum absolute atomic E-state index is 13.4. The van der Waals surface area contributed by atoms with Crippen LogP contribution in [0, 0.1) is 18.6 Å². The molecule has 21 heavy (non-hydrogen) atoms. The van der Waals surface area contributed by atoms with Crippen LogP contribution in [0.3, 0.4) is 0 Å². The monoisotopic (exact) mass is 355 g/mol. The molecule has 0 heterocycles. The number of rotatable bonds is 4. The second-order valence-corrected chi connectivity index (χ2v) is 5.29. The van der Waals surface area contributed by atoms with Crippen molar-refractivity contribution in [3.05, 3.63) is 58.1 Å². The van der Waals surface area contributed by atoms with Gasteiger partial charge in [0.15, 0.2) is 6.61 Å². The molecule has 0 atom stereocenters. The lowest BCUT2D eigenvalue weighted by Gasteiger charge is -2.10. The lowest BCUT2D eigenvalue weighted by atomic mass is 10.2. The fraction of sp³-hybridized carbons (Fsp3) is 0.133. The Hall–Kier alpha value is -1.95. The van der Waals surface area contributed by atoms with Gasteiger partial charge in [0.2, 0.25) is 0 Å². The highest BCUT2D eigenvalue weighted by Crippen LogP contribution is 2.22. The quantitative estimate of drug-likeness (QED) is 0.898. The number of carbonyl (C=O) groups is 1. The molecule has 0 bridgehead atoms. The standard InChI is InChI=1S/C15H12BrF2NO2/c1-9-6-10(16)2-5-14(9)21-8-15(20)19-13-4-3-11(17)7-12(13)18/h2-7H,8H2,1H3,(H,19,20). The normalized spacial score (nSPS) is 10.3. The van der Waals surface area contributed by atoms with Crippen molar-refractivity contribution in [3.8, 4) is 5.75 Å². The number of ether oxygens (including phenoxy) is 1. The highest BCUT2D eigenvalue weighted by molar-refractivity contribution is 9.10. The lowest BCUT2D eigenvalue weighted by molar-refractivity contribution is -0.118. The van der Waals surface area contributed by atoms with E-state index in [4.69, 9.17) is 4.74 Å². The van der Waals surface area contributed by atoms with Crippen LogP contribution in [0.5, 0.6) is 5.75 Å². The number of anilines is 1. The summed E-state index contributed by atoms with van der Waals surface area (Å²) in [4.78, 5) is 11.7. The molecule has 0 radical (unpaired) electrons. The van der Waals surface area contributed by atoms with Crippen molar-refractivity contribution in [2.24, 2.45) is 0 Å². The first kappa shape index (κ1) is 15.4. The molecule has 1 N–H and O–H groups in total. The Kier molecular flexibility index (Phi) is 4.90. The molecular formula is C15H12BrF2NO2. The van der Waals surface area contributed by atoms with Crippen molar-refractivity contribution in [1.29, 1.82) is 0 Å². The summed E-state index contributed by atoms with van der Waals surface area (Å²) >= 11 is 3.33. The minimum Gasteiger partial charge on any atom is -0.483 e. The van der Waals surface area contributed by atoms with E-state index in [0.717, 1.165) is 22.2 Å². The molecule has 0 spiro atoms. The van der Waals surface area contributed by atoms with E-state index in [0.29, 0.717) is 11.8 Å². The highest BCUT2D eigenvalue weighted by atomic mass is 79.9. The Labute approximate surface area is 129 Å². The molecule has 3 nitrogen and oxygen atoms in total. The van der Waals surface area contributed by atoms with Crippen molar-refractivity contribution < 1.29 is 18.3 Å². The third-order valence-electron chi connectivity index (χ3n) is 2.70. The maximum atomic E-state index is 13.4. The predicted molar refractivity (Wildman–Crippen MR) is 79.4 cm³/mol. The molecular weight excluding hydrogens is 344 g/mol. The van der Waals surface area contributed by atoms with Gasteiger partial charge in [0.1, 0.15) is 17.4 Å². The van der Waals surface area contributed by atoms with Crippen LogP contribution in [0.2, 0.25) is 0 Å². The number of benzene rings is 2. The van der Waals surface area contributed by atoms with Crippen molar-refractivity contribution in [2.75, 3.05) is 11.9 Å². The van der Waals surface area contributed by atoms with Gasteiger partial charge < -0.3 is 10.1 Å². The Morgan fingerprint density at radius 1 is 1.24 bits per heavy atom. The summed E-state index contributed by atoms with van der Waals surface area (Å²) in [5.41, 5.74) is 0.780. The summed E-state index contributed by atoms with van der Waals surface area (Å²) < 4.78 is 32.4. The molecule has 0 saturated heterocycles. The molecule has 0 fully saturated rings. The first-order valence-electron chi connectivity index (χ1n) is 6.09. The molecule has 110 valence electrons. The third kappa shape index (κ3) is 4.26. The van der Waals surface area contributed by atoms with Crippen LogP contribution in [0.1, 0.15) is 5.56 Å². The van der Waals surface area contributed by atoms with Crippen molar-refractivity contribution in [3.63, 3.8) is 0 Å². The number of amides is 1. The minimum atomic E-state index is -0.830. The van der Waals surface area contributed by atoms with E-state index >= 15 is 0 Å². The molecule has 0 saturated carbocycles. The fourth-order valence-electron chi connectivity index (χ4n) is 1.70. The number of carbonyl (C=O) groups excluding carboxylic acids is 1. The third-order valence-corrected chi connectivity index (χ3v) is 3.19. The van der Waals surface area contributed by atoms with Crippen LogP contribution in [0.15, 0.2) is 40.9 Å². The van der Waals surface area contributed by atoms with Gasteiger partial charge in [-0.2, -0.15) is 0 Å². The second kappa shape index (κ2) is 6.67. The summed E-state index contributed by atoms with van der Waals surface area (Å²) in [6.07, 6.45) is 0. The number of hydrogen-bond donors (Lipinski definition) is 1. The molecule has 2 aromatic carbocycles. The summed E-state index contributed by atoms with van der Waals surface area (Å²) in [7, 11) is 0. The summed E-state index contributed by atoms with van der Waals surface area (Å²) in [5.74, 6) is -1.49. The van der Waals surface area contributed by atoms with Crippen molar-refractivity contribution in [2.45, 2.75) is 6.92 Å². The van der Waals surface area contributed by atoms with E-state index in [1.807, 2.05) is 13.0 Å². The lowest BCUT2D eigenvalue weighted by Crippen LogP contribution is -2.21. The molecule has 0 aliphatic carbocycles. The van der Waals surface area contributed by atoms with E-state index in [1.54, 1.807) is 12.1 Å². The number of hydrogen-bond acceptors (Lipinski definition) is 2. The number of halogens is 3. The topological polar surface area (TPSA) is 38.3 Å². The maximum Gasteiger partial charge on any atom is 0.262 e. The van der Waals surface area contributed by atoms with Crippen LogP contribution in [-0.4, -0.2) is 12.5 Å². The van der Waals surface area contributed by atoms with Gasteiger partial charge in [0.25, 0.3) is 5.91 Å². The summed E-state index contributed by atoms with van der Waals surface area (Å²) in [6.45, 7) is 1.58. The van der Waals surface area contributed by atoms with Crippen LogP contribution < -0.4 is 10.1 Å². The molecule has 1 amide bonds. The molecule has 0 aliphatic rings. The smallest absolute Gasteiger partial charge is 0.262 e. The van der Waals surface area contributed by atoms with Gasteiger partial charge in [-0.15, -0.1) is 0 Å². The van der Waals surface area contributed by atoms with Crippen molar-refractivity contribution in [1.82, 2.24) is 0 Å². The van der Waals surface area contributed by atoms with E-state index in [1.165, 1.54) is 0 Å². The fourth-order valence-corrected chi connectivity index (χ4v) is 2.17. The molecule has 0 unspecified atom stereocenters. The van der Waals surface area contributed by atoms with Crippen LogP contribution in [-0.2, 0) is 4.79 Å². The van der Waals surface area contributed by atoms with Gasteiger partial charge in [-0.05, 0) is 42.8 Å². The summed E-state index contributed by atoms with van der Waals surface area (Å²) in [6, 6.07) is 8.30. The Balaban J connectivity index is 1.96. The van der Waals surface area contributed by atoms with E-state index in [2.05, 4.69) is 21.2 Å². The van der Waals surface area contributed by atoms with Gasteiger partial charge in [-0.25, -0.2) is 8.78 Å². The van der Waals surface area contributed by atoms with Crippen molar-refractivity contribution >= 4 is 27.5 Å². The van der Waals surface area contributed by atoms with Gasteiger partial charge in [-0.1, -0.05) is 15.9 Å². The minimum absolute atomic E-state index is 0.0856. The largest absolute Gasteiger partial charge is 0.483 e. The zero-order valence-corrected chi connectivity index (χ0v) is 12.7. The SMILES string of the molecule is Cc1cc(Br)ccc1OCC(=O)Nc1ccc(F)cc1F. The number of nitrogens with one attached hydrogen (secondary N) is 1. The zero-order chi connectivity index (χ0) is 15.4.